The molecular formula is C31H33ClN2O. The highest BCUT2D eigenvalue weighted by Crippen LogP contribution is 2.29. The smallest absolute Gasteiger partial charge is 0.187 e. The highest BCUT2D eigenvalue weighted by Gasteiger charge is 2.23. The Bertz CT molecular complexity index is 1230. The van der Waals surface area contributed by atoms with Gasteiger partial charge in [0.1, 0.15) is 5.82 Å². The van der Waals surface area contributed by atoms with Gasteiger partial charge in [0.2, 0.25) is 0 Å². The Morgan fingerprint density at radius 2 is 1.23 bits per heavy atom. The first-order valence-electron chi connectivity index (χ1n) is 12.4. The molecule has 0 N–H and O–H groups in total. The number of hydrogen-bond donors (Lipinski definition) is 0. The van der Waals surface area contributed by atoms with Crippen molar-refractivity contribution in [3.8, 4) is 0 Å². The number of aryl methyl sites for hydroxylation is 1. The fourth-order valence-corrected chi connectivity index (χ4v) is 5.08. The summed E-state index contributed by atoms with van der Waals surface area (Å²) in [6.45, 7) is 2.49. The molecule has 3 aromatic carbocycles. The molecule has 0 saturated heterocycles. The normalized spacial score (nSPS) is 12.8. The molecule has 1 aromatic heterocycles. The molecule has 0 bridgehead atoms. The molecule has 5 rings (SSSR count). The fourth-order valence-electron chi connectivity index (χ4n) is 5.08. The van der Waals surface area contributed by atoms with Crippen LogP contribution in [0, 0.1) is 0 Å². The minimum absolute atomic E-state index is 0. The molecule has 0 radical (unpaired) electrons. The zero-order chi connectivity index (χ0) is 23.2. The van der Waals surface area contributed by atoms with Crippen molar-refractivity contribution in [1.82, 2.24) is 4.57 Å². The van der Waals surface area contributed by atoms with Crippen LogP contribution in [-0.4, -0.2) is 4.57 Å². The SMILES string of the molecule is Cl.O=c1cc2n(c(N(Cc3ccccc3)Cc3ccccc3)c1Cc1ccccc1)CCCCC2. The number of fused-ring (bicyclic) bond motifs is 1. The Morgan fingerprint density at radius 1 is 0.686 bits per heavy atom. The Kier molecular flexibility index (Phi) is 8.44. The molecule has 0 aliphatic carbocycles. The second kappa shape index (κ2) is 11.9. The number of rotatable bonds is 7. The number of aromatic nitrogens is 1. The van der Waals surface area contributed by atoms with E-state index < -0.39 is 0 Å². The van der Waals surface area contributed by atoms with Crippen LogP contribution in [0.15, 0.2) is 102 Å². The first-order chi connectivity index (χ1) is 16.8. The van der Waals surface area contributed by atoms with E-state index in [1.54, 1.807) is 0 Å². The molecule has 180 valence electrons. The lowest BCUT2D eigenvalue weighted by atomic mass is 10.0. The third-order valence-electron chi connectivity index (χ3n) is 6.74. The largest absolute Gasteiger partial charge is 0.349 e. The quantitative estimate of drug-likeness (QED) is 0.288. The van der Waals surface area contributed by atoms with Crippen LogP contribution in [0.25, 0.3) is 0 Å². The lowest BCUT2D eigenvalue weighted by molar-refractivity contribution is 0.609. The fraction of sp³-hybridized carbons (Fsp3) is 0.258. The highest BCUT2D eigenvalue weighted by atomic mass is 35.5. The summed E-state index contributed by atoms with van der Waals surface area (Å²) in [4.78, 5) is 16.0. The van der Waals surface area contributed by atoms with Gasteiger partial charge in [-0.2, -0.15) is 0 Å². The molecule has 0 atom stereocenters. The van der Waals surface area contributed by atoms with Crippen molar-refractivity contribution in [1.29, 1.82) is 0 Å². The molecular weight excluding hydrogens is 452 g/mol. The van der Waals surface area contributed by atoms with Crippen LogP contribution in [-0.2, 0) is 32.5 Å². The van der Waals surface area contributed by atoms with Gasteiger partial charge in [-0.15, -0.1) is 12.4 Å². The van der Waals surface area contributed by atoms with Gasteiger partial charge in [-0.3, -0.25) is 4.79 Å². The van der Waals surface area contributed by atoms with Gasteiger partial charge in [0.15, 0.2) is 5.43 Å². The first-order valence-corrected chi connectivity index (χ1v) is 12.4. The van der Waals surface area contributed by atoms with Gasteiger partial charge in [-0.25, -0.2) is 0 Å². The van der Waals surface area contributed by atoms with Crippen LogP contribution in [0.4, 0.5) is 5.82 Å². The minimum Gasteiger partial charge on any atom is -0.349 e. The zero-order valence-corrected chi connectivity index (χ0v) is 20.9. The summed E-state index contributed by atoms with van der Waals surface area (Å²) in [5, 5.41) is 0. The van der Waals surface area contributed by atoms with Crippen molar-refractivity contribution in [2.45, 2.75) is 51.7 Å². The molecule has 1 aliphatic rings. The average molecular weight is 485 g/mol. The topological polar surface area (TPSA) is 25.2 Å². The second-order valence-corrected chi connectivity index (χ2v) is 9.25. The summed E-state index contributed by atoms with van der Waals surface area (Å²) in [5.74, 6) is 1.10. The number of pyridine rings is 1. The van der Waals surface area contributed by atoms with Gasteiger partial charge in [-0.1, -0.05) is 97.4 Å². The summed E-state index contributed by atoms with van der Waals surface area (Å²) < 4.78 is 2.46. The lowest BCUT2D eigenvalue weighted by Crippen LogP contribution is -2.31. The molecule has 2 heterocycles. The van der Waals surface area contributed by atoms with E-state index in [1.165, 1.54) is 28.8 Å². The summed E-state index contributed by atoms with van der Waals surface area (Å²) >= 11 is 0. The lowest BCUT2D eigenvalue weighted by Gasteiger charge is -2.32. The van der Waals surface area contributed by atoms with Crippen molar-refractivity contribution in [2.75, 3.05) is 4.90 Å². The summed E-state index contributed by atoms with van der Waals surface area (Å²) in [6, 6.07) is 33.5. The summed E-state index contributed by atoms with van der Waals surface area (Å²) in [5.41, 5.74) is 5.93. The van der Waals surface area contributed by atoms with Crippen LogP contribution in [0.2, 0.25) is 0 Å². The molecule has 4 aromatic rings. The molecule has 1 aliphatic heterocycles. The monoisotopic (exact) mass is 484 g/mol. The first kappa shape index (κ1) is 24.8. The van der Waals surface area contributed by atoms with E-state index >= 15 is 0 Å². The number of halogens is 1. The van der Waals surface area contributed by atoms with Gasteiger partial charge in [-0.05, 0) is 36.0 Å². The highest BCUT2D eigenvalue weighted by molar-refractivity contribution is 5.85. The van der Waals surface area contributed by atoms with Gasteiger partial charge in [0, 0.05) is 43.4 Å². The standard InChI is InChI=1S/C31H32N2O.ClH/c34-30-22-28-19-11-4-12-20-33(28)31(29(30)21-25-13-5-1-6-14-25)32(23-26-15-7-2-8-16-26)24-27-17-9-3-10-18-27;/h1-3,5-10,13-18,22H,4,11-12,19-21,23-24H2;1H. The molecule has 0 fully saturated rings. The van der Waals surface area contributed by atoms with E-state index in [4.69, 9.17) is 0 Å². The number of anilines is 1. The molecule has 4 heteroatoms. The maximum Gasteiger partial charge on any atom is 0.187 e. The maximum absolute atomic E-state index is 13.6. The van der Waals surface area contributed by atoms with Gasteiger partial charge < -0.3 is 9.47 Å². The van der Waals surface area contributed by atoms with E-state index in [0.29, 0.717) is 6.42 Å². The third kappa shape index (κ3) is 6.04. The van der Waals surface area contributed by atoms with E-state index in [1.807, 2.05) is 12.1 Å². The Hall–Kier alpha value is -3.30. The van der Waals surface area contributed by atoms with E-state index in [2.05, 4.69) is 94.4 Å². The van der Waals surface area contributed by atoms with E-state index in [9.17, 15) is 4.79 Å². The second-order valence-electron chi connectivity index (χ2n) is 9.25. The number of hydrogen-bond acceptors (Lipinski definition) is 2. The average Bonchev–Trinajstić information content (AvgIpc) is 3.11. The van der Waals surface area contributed by atoms with Crippen molar-refractivity contribution >= 4 is 18.2 Å². The van der Waals surface area contributed by atoms with Crippen molar-refractivity contribution in [2.24, 2.45) is 0 Å². The Morgan fingerprint density at radius 3 is 1.80 bits per heavy atom. The maximum atomic E-state index is 13.6. The van der Waals surface area contributed by atoms with Crippen LogP contribution in [0.3, 0.4) is 0 Å². The van der Waals surface area contributed by atoms with Crippen molar-refractivity contribution in [3.05, 3.63) is 135 Å². The van der Waals surface area contributed by atoms with E-state index in [-0.39, 0.29) is 17.8 Å². The molecule has 0 unspecified atom stereocenters. The molecule has 35 heavy (non-hydrogen) atoms. The van der Waals surface area contributed by atoms with Gasteiger partial charge in [0.25, 0.3) is 0 Å². The van der Waals surface area contributed by atoms with Gasteiger partial charge in [0.05, 0.1) is 0 Å². The molecule has 0 amide bonds. The zero-order valence-electron chi connectivity index (χ0n) is 20.1. The van der Waals surface area contributed by atoms with Crippen LogP contribution in [0.5, 0.6) is 0 Å². The van der Waals surface area contributed by atoms with Crippen LogP contribution < -0.4 is 10.3 Å². The third-order valence-corrected chi connectivity index (χ3v) is 6.74. The van der Waals surface area contributed by atoms with Crippen molar-refractivity contribution in [3.63, 3.8) is 0 Å². The van der Waals surface area contributed by atoms with E-state index in [0.717, 1.165) is 50.3 Å². The van der Waals surface area contributed by atoms with Gasteiger partial charge >= 0.3 is 0 Å². The molecule has 0 spiro atoms. The molecule has 3 nitrogen and oxygen atoms in total. The number of nitrogens with zero attached hydrogens (tertiary/aromatic N) is 2. The molecule has 0 saturated carbocycles. The van der Waals surface area contributed by atoms with Crippen molar-refractivity contribution < 1.29 is 0 Å². The predicted molar refractivity (Wildman–Crippen MR) is 148 cm³/mol. The minimum atomic E-state index is 0. The van der Waals surface area contributed by atoms with Crippen LogP contribution >= 0.6 is 12.4 Å². The number of benzene rings is 3. The Labute approximate surface area is 214 Å². The predicted octanol–water partition coefficient (Wildman–Crippen LogP) is 6.79. The van der Waals surface area contributed by atoms with Crippen LogP contribution in [0.1, 0.15) is 47.2 Å². The Balaban J connectivity index is 0.00000289. The summed E-state index contributed by atoms with van der Waals surface area (Å²) in [6.07, 6.45) is 5.13. The summed E-state index contributed by atoms with van der Waals surface area (Å²) in [7, 11) is 0.